The summed E-state index contributed by atoms with van der Waals surface area (Å²) in [7, 11) is 0. The number of ether oxygens (including phenoxy) is 1. The SMILES string of the molecule is O=C(/C=C/c1ccccc1)OCc1cccc2ccccc12. The first-order chi connectivity index (χ1) is 10.8. The van der Waals surface area contributed by atoms with Crippen LogP contribution in [0.5, 0.6) is 0 Å². The van der Waals surface area contributed by atoms with Crippen LogP contribution < -0.4 is 0 Å². The van der Waals surface area contributed by atoms with Gasteiger partial charge in [-0.15, -0.1) is 0 Å². The van der Waals surface area contributed by atoms with Gasteiger partial charge in [-0.1, -0.05) is 72.8 Å². The number of carbonyl (C=O) groups excluding carboxylic acids is 1. The van der Waals surface area contributed by atoms with Crippen molar-refractivity contribution in [1.82, 2.24) is 0 Å². The maximum atomic E-state index is 11.8. The Balaban J connectivity index is 1.67. The average Bonchev–Trinajstić information content (AvgIpc) is 2.59. The molecule has 2 nitrogen and oxygen atoms in total. The summed E-state index contributed by atoms with van der Waals surface area (Å²) in [5.41, 5.74) is 1.99. The Bertz CT molecular complexity index is 799. The summed E-state index contributed by atoms with van der Waals surface area (Å²) in [6, 6.07) is 23.8. The molecule has 0 bridgehead atoms. The maximum absolute atomic E-state index is 11.8. The second-order valence-corrected chi connectivity index (χ2v) is 4.99. The van der Waals surface area contributed by atoms with Gasteiger partial charge in [0.05, 0.1) is 0 Å². The van der Waals surface area contributed by atoms with Gasteiger partial charge < -0.3 is 4.74 Å². The summed E-state index contributed by atoms with van der Waals surface area (Å²) in [5.74, 6) is -0.336. The van der Waals surface area contributed by atoms with E-state index in [-0.39, 0.29) is 12.6 Å². The van der Waals surface area contributed by atoms with Gasteiger partial charge in [-0.2, -0.15) is 0 Å². The van der Waals surface area contributed by atoms with Crippen molar-refractivity contribution in [1.29, 1.82) is 0 Å². The Labute approximate surface area is 129 Å². The van der Waals surface area contributed by atoms with Crippen LogP contribution in [-0.4, -0.2) is 5.97 Å². The zero-order chi connectivity index (χ0) is 15.2. The molecular weight excluding hydrogens is 272 g/mol. The lowest BCUT2D eigenvalue weighted by Gasteiger charge is -2.06. The molecule has 3 rings (SSSR count). The van der Waals surface area contributed by atoms with E-state index in [0.717, 1.165) is 21.9 Å². The van der Waals surface area contributed by atoms with Crippen molar-refractivity contribution in [3.63, 3.8) is 0 Å². The Hall–Kier alpha value is -2.87. The van der Waals surface area contributed by atoms with E-state index in [1.165, 1.54) is 6.08 Å². The molecule has 3 aromatic carbocycles. The standard InChI is InChI=1S/C20H16O2/c21-20(14-13-16-7-2-1-3-8-16)22-15-18-11-6-10-17-9-4-5-12-19(17)18/h1-14H,15H2/b14-13+. The van der Waals surface area contributed by atoms with Crippen LogP contribution in [-0.2, 0) is 16.1 Å². The monoisotopic (exact) mass is 288 g/mol. The van der Waals surface area contributed by atoms with Gasteiger partial charge in [0.1, 0.15) is 6.61 Å². The van der Waals surface area contributed by atoms with Crippen molar-refractivity contribution in [3.8, 4) is 0 Å². The molecule has 2 heteroatoms. The van der Waals surface area contributed by atoms with E-state index in [1.54, 1.807) is 6.08 Å². The van der Waals surface area contributed by atoms with Crippen LogP contribution in [0.3, 0.4) is 0 Å². The van der Waals surface area contributed by atoms with Gasteiger partial charge in [0.25, 0.3) is 0 Å². The van der Waals surface area contributed by atoms with Crippen LogP contribution in [0, 0.1) is 0 Å². The Morgan fingerprint density at radius 1 is 0.864 bits per heavy atom. The summed E-state index contributed by atoms with van der Waals surface area (Å²) >= 11 is 0. The highest BCUT2D eigenvalue weighted by Gasteiger charge is 2.03. The normalized spacial score (nSPS) is 10.9. The van der Waals surface area contributed by atoms with Gasteiger partial charge in [0.2, 0.25) is 0 Å². The van der Waals surface area contributed by atoms with Crippen molar-refractivity contribution in [2.24, 2.45) is 0 Å². The van der Waals surface area contributed by atoms with E-state index < -0.39 is 0 Å². The minimum atomic E-state index is -0.336. The predicted octanol–water partition coefficient (Wildman–Crippen LogP) is 4.60. The van der Waals surface area contributed by atoms with Crippen LogP contribution in [0.15, 0.2) is 78.9 Å². The fourth-order valence-corrected chi connectivity index (χ4v) is 2.34. The van der Waals surface area contributed by atoms with Crippen LogP contribution >= 0.6 is 0 Å². The van der Waals surface area contributed by atoms with Crippen LogP contribution in [0.25, 0.3) is 16.8 Å². The highest BCUT2D eigenvalue weighted by Crippen LogP contribution is 2.19. The zero-order valence-corrected chi connectivity index (χ0v) is 12.1. The third-order valence-corrected chi connectivity index (χ3v) is 3.46. The molecule has 0 saturated carbocycles. The molecule has 0 radical (unpaired) electrons. The van der Waals surface area contributed by atoms with Crippen LogP contribution in [0.4, 0.5) is 0 Å². The fraction of sp³-hybridized carbons (Fsp3) is 0.0500. The third kappa shape index (κ3) is 3.41. The van der Waals surface area contributed by atoms with E-state index in [2.05, 4.69) is 12.1 Å². The molecule has 108 valence electrons. The van der Waals surface area contributed by atoms with E-state index >= 15 is 0 Å². The lowest BCUT2D eigenvalue weighted by molar-refractivity contribution is -0.138. The van der Waals surface area contributed by atoms with Gasteiger partial charge in [0.15, 0.2) is 0 Å². The van der Waals surface area contributed by atoms with Gasteiger partial charge in [0, 0.05) is 6.08 Å². The Kier molecular flexibility index (Phi) is 4.30. The molecule has 0 aromatic heterocycles. The van der Waals surface area contributed by atoms with E-state index in [1.807, 2.05) is 60.7 Å². The van der Waals surface area contributed by atoms with E-state index in [4.69, 9.17) is 4.74 Å². The van der Waals surface area contributed by atoms with E-state index in [9.17, 15) is 4.79 Å². The molecular formula is C20H16O2. The first-order valence-corrected chi connectivity index (χ1v) is 7.19. The van der Waals surface area contributed by atoms with Crippen molar-refractivity contribution < 1.29 is 9.53 Å². The topological polar surface area (TPSA) is 26.3 Å². The predicted molar refractivity (Wildman–Crippen MR) is 89.2 cm³/mol. The Morgan fingerprint density at radius 3 is 2.45 bits per heavy atom. The van der Waals surface area contributed by atoms with Crippen LogP contribution in [0.1, 0.15) is 11.1 Å². The lowest BCUT2D eigenvalue weighted by atomic mass is 10.1. The number of carbonyl (C=O) groups is 1. The molecule has 0 aliphatic rings. The molecule has 0 amide bonds. The van der Waals surface area contributed by atoms with Crippen molar-refractivity contribution in [2.75, 3.05) is 0 Å². The number of hydrogen-bond donors (Lipinski definition) is 0. The second kappa shape index (κ2) is 6.72. The van der Waals surface area contributed by atoms with E-state index in [0.29, 0.717) is 0 Å². The quantitative estimate of drug-likeness (QED) is 0.518. The van der Waals surface area contributed by atoms with Crippen LogP contribution in [0.2, 0.25) is 0 Å². The second-order valence-electron chi connectivity index (χ2n) is 4.99. The van der Waals surface area contributed by atoms with Gasteiger partial charge in [-0.3, -0.25) is 0 Å². The zero-order valence-electron chi connectivity index (χ0n) is 12.1. The molecule has 0 aliphatic carbocycles. The maximum Gasteiger partial charge on any atom is 0.331 e. The summed E-state index contributed by atoms with van der Waals surface area (Å²) in [4.78, 5) is 11.8. The number of rotatable bonds is 4. The van der Waals surface area contributed by atoms with Gasteiger partial charge in [-0.05, 0) is 28.0 Å². The number of esters is 1. The molecule has 0 saturated heterocycles. The molecule has 3 aromatic rings. The van der Waals surface area contributed by atoms with Crippen molar-refractivity contribution in [2.45, 2.75) is 6.61 Å². The number of fused-ring (bicyclic) bond motifs is 1. The number of hydrogen-bond acceptors (Lipinski definition) is 2. The summed E-state index contributed by atoms with van der Waals surface area (Å²) < 4.78 is 5.33. The lowest BCUT2D eigenvalue weighted by Crippen LogP contribution is -2.01. The molecule has 0 N–H and O–H groups in total. The largest absolute Gasteiger partial charge is 0.458 e. The minimum absolute atomic E-state index is 0.277. The average molecular weight is 288 g/mol. The minimum Gasteiger partial charge on any atom is -0.458 e. The fourth-order valence-electron chi connectivity index (χ4n) is 2.34. The molecule has 0 unspecified atom stereocenters. The van der Waals surface area contributed by atoms with Crippen molar-refractivity contribution in [3.05, 3.63) is 90.0 Å². The molecule has 0 atom stereocenters. The smallest absolute Gasteiger partial charge is 0.331 e. The van der Waals surface area contributed by atoms with Crippen molar-refractivity contribution >= 4 is 22.8 Å². The third-order valence-electron chi connectivity index (χ3n) is 3.46. The van der Waals surface area contributed by atoms with Gasteiger partial charge >= 0.3 is 5.97 Å². The molecule has 0 aliphatic heterocycles. The summed E-state index contributed by atoms with van der Waals surface area (Å²) in [6.45, 7) is 0.277. The molecule has 0 heterocycles. The Morgan fingerprint density at radius 2 is 1.59 bits per heavy atom. The number of benzene rings is 3. The summed E-state index contributed by atoms with van der Waals surface area (Å²) in [6.07, 6.45) is 3.21. The van der Waals surface area contributed by atoms with Gasteiger partial charge in [-0.25, -0.2) is 4.79 Å². The molecule has 22 heavy (non-hydrogen) atoms. The first-order valence-electron chi connectivity index (χ1n) is 7.19. The first kappa shape index (κ1) is 14.1. The highest BCUT2D eigenvalue weighted by molar-refractivity contribution is 5.88. The molecule has 0 spiro atoms. The summed E-state index contributed by atoms with van der Waals surface area (Å²) in [5, 5.41) is 2.26. The molecule has 0 fully saturated rings. The highest BCUT2D eigenvalue weighted by atomic mass is 16.5.